The van der Waals surface area contributed by atoms with Gasteiger partial charge in [-0.3, -0.25) is 4.98 Å². The predicted octanol–water partition coefficient (Wildman–Crippen LogP) is 0.847. The van der Waals surface area contributed by atoms with Gasteiger partial charge in [0.25, 0.3) is 0 Å². The average molecular weight is 168 g/mol. The van der Waals surface area contributed by atoms with Gasteiger partial charge in [0.1, 0.15) is 0 Å². The second-order valence-corrected chi connectivity index (χ2v) is 2.36. The number of aryl methyl sites for hydroxylation is 2. The van der Waals surface area contributed by atoms with Crippen LogP contribution in [-0.4, -0.2) is 16.8 Å². The Morgan fingerprint density at radius 1 is 1.50 bits per heavy atom. The number of aliphatic hydroxyl groups excluding tert-OH is 1. The highest BCUT2D eigenvalue weighted by molar-refractivity contribution is 5.11. The monoisotopic (exact) mass is 168 g/mol. The molecule has 1 aromatic heterocycles. The summed E-state index contributed by atoms with van der Waals surface area (Å²) in [4.78, 5) is 4.20. The first kappa shape index (κ1) is 11.1. The lowest BCUT2D eigenvalue weighted by molar-refractivity contribution is 0.307. The lowest BCUT2D eigenvalue weighted by Crippen LogP contribution is -1.92. The van der Waals surface area contributed by atoms with E-state index in [1.807, 2.05) is 13.1 Å². The Hall–Kier alpha value is -0.930. The van der Waals surface area contributed by atoms with E-state index < -0.39 is 0 Å². The van der Waals surface area contributed by atoms with Gasteiger partial charge >= 0.3 is 0 Å². The van der Waals surface area contributed by atoms with Crippen LogP contribution < -0.4 is 5.73 Å². The molecule has 0 saturated carbocycles. The van der Waals surface area contributed by atoms with Crippen molar-refractivity contribution in [3.05, 3.63) is 29.6 Å². The molecular formula is C9H16N2O. The molecule has 0 amide bonds. The van der Waals surface area contributed by atoms with Gasteiger partial charge in [-0.05, 0) is 25.0 Å². The normalized spacial score (nSPS) is 8.67. The summed E-state index contributed by atoms with van der Waals surface area (Å²) in [7, 11) is 0. The highest BCUT2D eigenvalue weighted by atomic mass is 16.3. The molecule has 68 valence electrons. The van der Waals surface area contributed by atoms with Gasteiger partial charge in [0, 0.05) is 11.9 Å². The predicted molar refractivity (Wildman–Crippen MR) is 49.6 cm³/mol. The first-order valence-electron chi connectivity index (χ1n) is 3.97. The lowest BCUT2D eigenvalue weighted by Gasteiger charge is -1.93. The molecule has 0 unspecified atom stereocenters. The van der Waals surface area contributed by atoms with E-state index in [0.29, 0.717) is 0 Å². The van der Waals surface area contributed by atoms with Gasteiger partial charge in [-0.25, -0.2) is 0 Å². The smallest absolute Gasteiger partial charge is 0.0906 e. The van der Waals surface area contributed by atoms with E-state index in [1.165, 1.54) is 11.3 Å². The molecule has 0 saturated heterocycles. The molecule has 0 aliphatic carbocycles. The summed E-state index contributed by atoms with van der Waals surface area (Å²) in [6, 6.07) is 4.15. The Bertz CT molecular complexity index is 196. The van der Waals surface area contributed by atoms with Crippen LogP contribution in [0.2, 0.25) is 0 Å². The fraction of sp³-hybridized carbons (Fsp3) is 0.444. The van der Waals surface area contributed by atoms with Crippen molar-refractivity contribution in [1.29, 1.82) is 0 Å². The molecule has 1 heterocycles. The van der Waals surface area contributed by atoms with Crippen LogP contribution in [0.25, 0.3) is 0 Å². The van der Waals surface area contributed by atoms with Gasteiger partial charge in [-0.15, -0.1) is 0 Å². The quantitative estimate of drug-likeness (QED) is 0.611. The third-order valence-corrected chi connectivity index (χ3v) is 1.33. The van der Waals surface area contributed by atoms with Crippen LogP contribution in [0.1, 0.15) is 18.2 Å². The molecule has 1 aromatic rings. The Kier molecular flexibility index (Phi) is 6.24. The Morgan fingerprint density at radius 2 is 2.08 bits per heavy atom. The maximum Gasteiger partial charge on any atom is 0.0906 e. The van der Waals surface area contributed by atoms with E-state index >= 15 is 0 Å². The highest BCUT2D eigenvalue weighted by Crippen LogP contribution is 1.97. The molecule has 0 bridgehead atoms. The average Bonchev–Trinajstić information content (AvgIpc) is 2.07. The first-order valence-corrected chi connectivity index (χ1v) is 3.97. The van der Waals surface area contributed by atoms with Crippen molar-refractivity contribution >= 4 is 0 Å². The summed E-state index contributed by atoms with van der Waals surface area (Å²) in [6.07, 6.45) is 2.93. The Labute approximate surface area is 73.3 Å². The number of hydrogen-bond acceptors (Lipinski definition) is 3. The SMILES string of the molecule is CCc1ccc(C)cn1.NCO. The Balaban J connectivity index is 0.000000354. The van der Waals surface area contributed by atoms with Crippen molar-refractivity contribution in [3.8, 4) is 0 Å². The van der Waals surface area contributed by atoms with Gasteiger partial charge in [0.05, 0.1) is 6.73 Å². The van der Waals surface area contributed by atoms with Crippen molar-refractivity contribution in [2.24, 2.45) is 5.73 Å². The van der Waals surface area contributed by atoms with Crippen LogP contribution in [0.15, 0.2) is 18.3 Å². The van der Waals surface area contributed by atoms with Gasteiger partial charge in [-0.1, -0.05) is 13.0 Å². The zero-order valence-corrected chi connectivity index (χ0v) is 7.62. The fourth-order valence-electron chi connectivity index (χ4n) is 0.708. The van der Waals surface area contributed by atoms with E-state index in [2.05, 4.69) is 29.8 Å². The summed E-state index contributed by atoms with van der Waals surface area (Å²) in [5, 5.41) is 7.35. The molecule has 12 heavy (non-hydrogen) atoms. The third-order valence-electron chi connectivity index (χ3n) is 1.33. The van der Waals surface area contributed by atoms with Crippen molar-refractivity contribution in [1.82, 2.24) is 4.98 Å². The maximum atomic E-state index is 7.35. The zero-order chi connectivity index (χ0) is 9.40. The minimum atomic E-state index is -0.250. The second-order valence-electron chi connectivity index (χ2n) is 2.36. The standard InChI is InChI=1S/C8H11N.CH5NO/c1-3-8-5-4-7(2)6-9-8;2-1-3/h4-6H,3H2,1-2H3;3H,1-2H2. The maximum absolute atomic E-state index is 7.35. The first-order chi connectivity index (χ1) is 5.74. The van der Waals surface area contributed by atoms with E-state index in [-0.39, 0.29) is 6.73 Å². The number of nitrogens with zero attached hydrogens (tertiary/aromatic N) is 1. The number of hydrogen-bond donors (Lipinski definition) is 2. The molecule has 0 atom stereocenters. The van der Waals surface area contributed by atoms with Crippen molar-refractivity contribution in [2.75, 3.05) is 6.73 Å². The summed E-state index contributed by atoms with van der Waals surface area (Å²) < 4.78 is 0. The van der Waals surface area contributed by atoms with E-state index in [9.17, 15) is 0 Å². The minimum Gasteiger partial charge on any atom is -0.382 e. The van der Waals surface area contributed by atoms with Crippen LogP contribution in [-0.2, 0) is 6.42 Å². The highest BCUT2D eigenvalue weighted by Gasteiger charge is 1.86. The molecule has 3 nitrogen and oxygen atoms in total. The van der Waals surface area contributed by atoms with Crippen molar-refractivity contribution < 1.29 is 5.11 Å². The summed E-state index contributed by atoms with van der Waals surface area (Å²) in [6.45, 7) is 3.91. The molecule has 0 aliphatic heterocycles. The molecular weight excluding hydrogens is 152 g/mol. The third kappa shape index (κ3) is 4.82. The van der Waals surface area contributed by atoms with Gasteiger partial charge in [-0.2, -0.15) is 0 Å². The summed E-state index contributed by atoms with van der Waals surface area (Å²) in [5.41, 5.74) is 6.80. The number of nitrogens with two attached hydrogens (primary N) is 1. The zero-order valence-electron chi connectivity index (χ0n) is 7.62. The van der Waals surface area contributed by atoms with Crippen LogP contribution in [0.5, 0.6) is 0 Å². The van der Waals surface area contributed by atoms with Crippen LogP contribution in [0.4, 0.5) is 0 Å². The second kappa shape index (κ2) is 6.76. The number of aromatic nitrogens is 1. The molecule has 0 spiro atoms. The Morgan fingerprint density at radius 3 is 2.42 bits per heavy atom. The van der Waals surface area contributed by atoms with Gasteiger partial charge < -0.3 is 10.8 Å². The topological polar surface area (TPSA) is 59.1 Å². The van der Waals surface area contributed by atoms with E-state index in [4.69, 9.17) is 5.11 Å². The van der Waals surface area contributed by atoms with E-state index in [0.717, 1.165) is 6.42 Å². The van der Waals surface area contributed by atoms with Crippen LogP contribution >= 0.6 is 0 Å². The minimum absolute atomic E-state index is 0.250. The summed E-state index contributed by atoms with van der Waals surface area (Å²) >= 11 is 0. The molecule has 3 N–H and O–H groups in total. The van der Waals surface area contributed by atoms with E-state index in [1.54, 1.807) is 0 Å². The number of rotatable bonds is 1. The fourth-order valence-corrected chi connectivity index (χ4v) is 0.708. The van der Waals surface area contributed by atoms with Crippen molar-refractivity contribution in [3.63, 3.8) is 0 Å². The molecule has 3 heteroatoms. The molecule has 0 aliphatic rings. The van der Waals surface area contributed by atoms with Crippen LogP contribution in [0.3, 0.4) is 0 Å². The largest absolute Gasteiger partial charge is 0.382 e. The molecule has 0 radical (unpaired) electrons. The summed E-state index contributed by atoms with van der Waals surface area (Å²) in [5.74, 6) is 0. The van der Waals surface area contributed by atoms with Gasteiger partial charge in [0.15, 0.2) is 0 Å². The molecule has 0 fully saturated rings. The molecule has 0 aromatic carbocycles. The van der Waals surface area contributed by atoms with Crippen molar-refractivity contribution in [2.45, 2.75) is 20.3 Å². The molecule has 1 rings (SSSR count). The number of aliphatic hydroxyl groups is 1. The lowest BCUT2D eigenvalue weighted by atomic mass is 10.2. The number of pyridine rings is 1. The van der Waals surface area contributed by atoms with Crippen LogP contribution in [0, 0.1) is 6.92 Å². The van der Waals surface area contributed by atoms with Gasteiger partial charge in [0.2, 0.25) is 0 Å².